The predicted molar refractivity (Wildman–Crippen MR) is 172 cm³/mol. The molecule has 42 heavy (non-hydrogen) atoms. The Morgan fingerprint density at radius 2 is 1.55 bits per heavy atom. The first kappa shape index (κ1) is 31.7. The second-order valence-corrected chi connectivity index (χ2v) is 13.2. The van der Waals surface area contributed by atoms with E-state index < -0.39 is 11.7 Å². The van der Waals surface area contributed by atoms with E-state index in [0.29, 0.717) is 6.61 Å². The summed E-state index contributed by atoms with van der Waals surface area (Å²) in [7, 11) is 0. The number of aromatic nitrogens is 1. The van der Waals surface area contributed by atoms with Gasteiger partial charge >= 0.3 is 5.97 Å². The highest BCUT2D eigenvalue weighted by molar-refractivity contribution is 5.88. The third kappa shape index (κ3) is 7.99. The molecule has 6 heteroatoms. The van der Waals surface area contributed by atoms with Gasteiger partial charge in [-0.1, -0.05) is 68.4 Å². The number of esters is 1. The number of hydrogen-bond donors (Lipinski definition) is 1. The number of pyridine rings is 1. The lowest BCUT2D eigenvalue weighted by molar-refractivity contribution is -0.166. The van der Waals surface area contributed by atoms with Crippen molar-refractivity contribution in [3.8, 4) is 11.1 Å². The standard InChI is InChI=1S/C36H49N3O3/c1-9-41-34(40)33(42-35(4,5)6)31-26(3)38-25(2)30(32(31)39-21-19-36(7,8)20-22-39)29-17-15-28(16-18-29)24-37-23-27-13-11-10-12-14-27/h10-18,33,37H,9,19-24H2,1-8H3/t33-/m0/s1. The quantitative estimate of drug-likeness (QED) is 0.252. The van der Waals surface area contributed by atoms with Crippen LogP contribution >= 0.6 is 0 Å². The minimum absolute atomic E-state index is 0.283. The zero-order chi connectivity index (χ0) is 30.5. The van der Waals surface area contributed by atoms with Gasteiger partial charge in [-0.2, -0.15) is 0 Å². The zero-order valence-electron chi connectivity index (χ0n) is 26.8. The van der Waals surface area contributed by atoms with Gasteiger partial charge in [-0.3, -0.25) is 4.98 Å². The summed E-state index contributed by atoms with van der Waals surface area (Å²) < 4.78 is 12.1. The maximum absolute atomic E-state index is 13.5. The molecule has 3 aromatic rings. The summed E-state index contributed by atoms with van der Waals surface area (Å²) in [5.41, 5.74) is 7.99. The van der Waals surface area contributed by atoms with Crippen molar-refractivity contribution in [2.24, 2.45) is 5.41 Å². The third-order valence-corrected chi connectivity index (χ3v) is 7.99. The number of anilines is 1. The Hall–Kier alpha value is -3.22. The van der Waals surface area contributed by atoms with Crippen LogP contribution in [0.4, 0.5) is 5.69 Å². The van der Waals surface area contributed by atoms with Crippen LogP contribution in [-0.2, 0) is 27.4 Å². The zero-order valence-corrected chi connectivity index (χ0v) is 26.8. The summed E-state index contributed by atoms with van der Waals surface area (Å²) in [6.45, 7) is 20.2. The highest BCUT2D eigenvalue weighted by atomic mass is 16.6. The third-order valence-electron chi connectivity index (χ3n) is 7.99. The van der Waals surface area contributed by atoms with E-state index in [1.165, 1.54) is 11.1 Å². The fourth-order valence-corrected chi connectivity index (χ4v) is 5.70. The second-order valence-electron chi connectivity index (χ2n) is 13.2. The van der Waals surface area contributed by atoms with Crippen molar-refractivity contribution in [1.29, 1.82) is 0 Å². The fourth-order valence-electron chi connectivity index (χ4n) is 5.70. The molecule has 1 aromatic heterocycles. The molecule has 0 bridgehead atoms. The number of nitrogens with one attached hydrogen (secondary N) is 1. The van der Waals surface area contributed by atoms with E-state index in [4.69, 9.17) is 14.5 Å². The van der Waals surface area contributed by atoms with Gasteiger partial charge in [0.25, 0.3) is 0 Å². The Morgan fingerprint density at radius 3 is 2.12 bits per heavy atom. The average Bonchev–Trinajstić information content (AvgIpc) is 2.92. The minimum atomic E-state index is -0.872. The Balaban J connectivity index is 1.76. The summed E-state index contributed by atoms with van der Waals surface area (Å²) in [6.07, 6.45) is 1.27. The molecule has 0 aliphatic carbocycles. The lowest BCUT2D eigenvalue weighted by Gasteiger charge is -2.41. The summed E-state index contributed by atoms with van der Waals surface area (Å²) >= 11 is 0. The molecule has 0 amide bonds. The van der Waals surface area contributed by atoms with Crippen molar-refractivity contribution in [2.75, 3.05) is 24.6 Å². The molecule has 1 aliphatic heterocycles. The highest BCUT2D eigenvalue weighted by Crippen LogP contribution is 2.45. The van der Waals surface area contributed by atoms with Crippen LogP contribution < -0.4 is 10.2 Å². The van der Waals surface area contributed by atoms with Crippen LogP contribution in [0.25, 0.3) is 11.1 Å². The maximum Gasteiger partial charge on any atom is 0.340 e. The molecule has 226 valence electrons. The summed E-state index contributed by atoms with van der Waals surface area (Å²) in [6, 6.07) is 19.2. The molecule has 2 aromatic carbocycles. The number of rotatable bonds is 10. The summed E-state index contributed by atoms with van der Waals surface area (Å²) in [4.78, 5) is 20.9. The molecular formula is C36H49N3O3. The number of ether oxygens (including phenoxy) is 2. The van der Waals surface area contributed by atoms with Crippen molar-refractivity contribution in [3.05, 3.63) is 82.7 Å². The maximum atomic E-state index is 13.5. The van der Waals surface area contributed by atoms with E-state index in [9.17, 15) is 4.79 Å². The number of aryl methyl sites for hydroxylation is 2. The van der Waals surface area contributed by atoms with Gasteiger partial charge in [0.15, 0.2) is 6.10 Å². The topological polar surface area (TPSA) is 63.7 Å². The van der Waals surface area contributed by atoms with Crippen molar-refractivity contribution in [3.63, 3.8) is 0 Å². The van der Waals surface area contributed by atoms with Crippen LogP contribution in [0.5, 0.6) is 0 Å². The molecule has 4 rings (SSSR count). The SMILES string of the molecule is CCOC(=O)[C@@H](OC(C)(C)C)c1c(C)nc(C)c(-c2ccc(CNCc3ccccc3)cc2)c1N1CCC(C)(C)CC1. The van der Waals surface area contributed by atoms with E-state index in [0.717, 1.165) is 72.8 Å². The lowest BCUT2D eigenvalue weighted by Crippen LogP contribution is -2.39. The fraction of sp³-hybridized carbons (Fsp3) is 0.500. The van der Waals surface area contributed by atoms with Crippen molar-refractivity contribution < 1.29 is 14.3 Å². The van der Waals surface area contributed by atoms with Crippen LogP contribution in [-0.4, -0.2) is 36.3 Å². The number of nitrogens with zero attached hydrogens (tertiary/aromatic N) is 2. The molecule has 2 heterocycles. The highest BCUT2D eigenvalue weighted by Gasteiger charge is 2.37. The molecule has 1 atom stereocenters. The van der Waals surface area contributed by atoms with Gasteiger partial charge in [0, 0.05) is 48.7 Å². The van der Waals surface area contributed by atoms with Crippen LogP contribution in [0.1, 0.15) is 88.6 Å². The second kappa shape index (κ2) is 13.4. The first-order chi connectivity index (χ1) is 19.9. The van der Waals surface area contributed by atoms with Gasteiger partial charge in [-0.15, -0.1) is 0 Å². The number of benzene rings is 2. The number of piperidine rings is 1. The molecule has 1 fully saturated rings. The van der Waals surface area contributed by atoms with E-state index in [1.807, 2.05) is 40.7 Å². The average molecular weight is 572 g/mol. The molecule has 0 unspecified atom stereocenters. The molecule has 0 spiro atoms. The summed E-state index contributed by atoms with van der Waals surface area (Å²) in [5.74, 6) is -0.370. The Bertz CT molecular complexity index is 1330. The van der Waals surface area contributed by atoms with Gasteiger partial charge in [0.2, 0.25) is 0 Å². The molecule has 6 nitrogen and oxygen atoms in total. The van der Waals surface area contributed by atoms with E-state index >= 15 is 0 Å². The Labute approximate surface area is 252 Å². The van der Waals surface area contributed by atoms with Gasteiger partial charge in [0.1, 0.15) is 0 Å². The van der Waals surface area contributed by atoms with Crippen LogP contribution in [0.2, 0.25) is 0 Å². The monoisotopic (exact) mass is 571 g/mol. The first-order valence-electron chi connectivity index (χ1n) is 15.3. The van der Waals surface area contributed by atoms with E-state index in [2.05, 4.69) is 79.5 Å². The van der Waals surface area contributed by atoms with Gasteiger partial charge in [-0.05, 0) is 76.5 Å². The number of carbonyl (C=O) groups is 1. The van der Waals surface area contributed by atoms with Crippen LogP contribution in [0.15, 0.2) is 54.6 Å². The van der Waals surface area contributed by atoms with Crippen LogP contribution in [0, 0.1) is 19.3 Å². The van der Waals surface area contributed by atoms with Crippen LogP contribution in [0.3, 0.4) is 0 Å². The normalized spacial score (nSPS) is 15.9. The Morgan fingerprint density at radius 1 is 0.952 bits per heavy atom. The lowest BCUT2D eigenvalue weighted by atomic mass is 9.81. The van der Waals surface area contributed by atoms with Crippen molar-refractivity contribution >= 4 is 11.7 Å². The molecule has 0 radical (unpaired) electrons. The summed E-state index contributed by atoms with van der Waals surface area (Å²) in [5, 5.41) is 3.55. The van der Waals surface area contributed by atoms with Gasteiger partial charge in [-0.25, -0.2) is 4.79 Å². The smallest absolute Gasteiger partial charge is 0.340 e. The van der Waals surface area contributed by atoms with Gasteiger partial charge in [0.05, 0.1) is 17.9 Å². The number of carbonyl (C=O) groups excluding carboxylic acids is 1. The van der Waals surface area contributed by atoms with E-state index in [1.54, 1.807) is 0 Å². The molecule has 0 saturated carbocycles. The number of hydrogen-bond acceptors (Lipinski definition) is 6. The molecule has 1 N–H and O–H groups in total. The first-order valence-corrected chi connectivity index (χ1v) is 15.3. The van der Waals surface area contributed by atoms with Crippen molar-refractivity contribution in [1.82, 2.24) is 10.3 Å². The molecule has 1 saturated heterocycles. The Kier molecular flexibility index (Phi) is 10.1. The molecular weight excluding hydrogens is 522 g/mol. The molecule has 1 aliphatic rings. The van der Waals surface area contributed by atoms with Crippen molar-refractivity contribution in [2.45, 2.75) is 93.0 Å². The van der Waals surface area contributed by atoms with E-state index in [-0.39, 0.29) is 11.4 Å². The minimum Gasteiger partial charge on any atom is -0.464 e. The predicted octanol–water partition coefficient (Wildman–Crippen LogP) is 7.70. The largest absolute Gasteiger partial charge is 0.464 e. The van der Waals surface area contributed by atoms with Gasteiger partial charge < -0.3 is 19.7 Å².